The molecule has 0 saturated heterocycles. The van der Waals surface area contributed by atoms with Gasteiger partial charge in [-0.3, -0.25) is 24.3 Å². The molecule has 0 aliphatic rings. The van der Waals surface area contributed by atoms with Gasteiger partial charge in [-0.1, -0.05) is 30.3 Å². The number of phenolic OH excluding ortho intramolecular Hbond substituents is 1. The third-order valence-electron chi connectivity index (χ3n) is 4.10. The van der Waals surface area contributed by atoms with Crippen molar-refractivity contribution in [3.8, 4) is 5.75 Å². The van der Waals surface area contributed by atoms with Crippen LogP contribution in [0.4, 0.5) is 11.4 Å². The minimum absolute atomic E-state index is 0.0665. The molecule has 0 aliphatic heterocycles. The van der Waals surface area contributed by atoms with Gasteiger partial charge in [0.1, 0.15) is 16.2 Å². The Labute approximate surface area is 181 Å². The maximum absolute atomic E-state index is 12.7. The number of carbonyl (C=O) groups is 2. The summed E-state index contributed by atoms with van der Waals surface area (Å²) in [6.45, 7) is 2.74. The van der Waals surface area contributed by atoms with Crippen molar-refractivity contribution in [1.29, 1.82) is 0 Å². The number of nitro groups is 1. The Bertz CT molecular complexity index is 1330. The first kappa shape index (κ1) is 24.2. The zero-order valence-corrected chi connectivity index (χ0v) is 17.6. The van der Waals surface area contributed by atoms with E-state index in [-0.39, 0.29) is 22.0 Å². The molecule has 1 amide bonds. The predicted octanol–water partition coefficient (Wildman–Crippen LogP) is 3.35. The number of aryl methyl sites for hydroxylation is 1. The minimum atomic E-state index is -4.63. The van der Waals surface area contributed by atoms with Gasteiger partial charge in [-0.15, -0.1) is 0 Å². The van der Waals surface area contributed by atoms with Crippen LogP contribution < -0.4 is 5.32 Å². The van der Waals surface area contributed by atoms with E-state index in [0.717, 1.165) is 13.0 Å². The molecule has 32 heavy (non-hydrogen) atoms. The van der Waals surface area contributed by atoms with Gasteiger partial charge >= 0.3 is 0 Å². The van der Waals surface area contributed by atoms with Crippen LogP contribution in [-0.2, 0) is 14.9 Å². The van der Waals surface area contributed by atoms with Crippen molar-refractivity contribution in [1.82, 2.24) is 0 Å². The third kappa shape index (κ3) is 5.56. The number of carboxylic acids is 1. The van der Waals surface area contributed by atoms with Crippen LogP contribution in [0.3, 0.4) is 0 Å². The molecule has 0 aliphatic carbocycles. The lowest BCUT2D eigenvalue weighted by Gasteiger charge is -2.13. The smallest absolute Gasteiger partial charge is 0.300 e. The highest BCUT2D eigenvalue weighted by molar-refractivity contribution is 7.86. The summed E-state index contributed by atoms with van der Waals surface area (Å²) >= 11 is 0. The number of anilines is 1. The van der Waals surface area contributed by atoms with Gasteiger partial charge in [-0.25, -0.2) is 0 Å². The van der Waals surface area contributed by atoms with E-state index in [1.165, 1.54) is 36.4 Å². The molecule has 3 aromatic carbocycles. The van der Waals surface area contributed by atoms with Crippen LogP contribution in [0.15, 0.2) is 53.4 Å². The molecule has 12 heteroatoms. The second-order valence-electron chi connectivity index (χ2n) is 6.54. The number of phenols is 1. The Morgan fingerprint density at radius 2 is 1.62 bits per heavy atom. The molecule has 0 radical (unpaired) electrons. The molecule has 4 N–H and O–H groups in total. The molecular formula is C20H18N2O9S. The number of nitrogens with zero attached hydrogens (tertiary/aromatic N) is 1. The summed E-state index contributed by atoms with van der Waals surface area (Å²) in [6.07, 6.45) is 0. The lowest BCUT2D eigenvalue weighted by atomic mass is 10.1. The topological polar surface area (TPSA) is 184 Å². The third-order valence-corrected chi connectivity index (χ3v) is 4.99. The van der Waals surface area contributed by atoms with E-state index >= 15 is 0 Å². The first-order chi connectivity index (χ1) is 14.8. The minimum Gasteiger partial charge on any atom is -0.506 e. The fraction of sp³-hybridized carbons (Fsp3) is 0.100. The fourth-order valence-corrected chi connectivity index (χ4v) is 3.56. The molecule has 0 bridgehead atoms. The number of carbonyl (C=O) groups excluding carboxylic acids is 1. The SMILES string of the molecule is CC(=O)O.Cc1ccc([N+](=O)[O-])c(C(=O)Nc2c(O)cc(S(=O)(=O)O)c3ccccc23)c1. The predicted molar refractivity (Wildman–Crippen MR) is 115 cm³/mol. The van der Waals surface area contributed by atoms with Crippen LogP contribution >= 0.6 is 0 Å². The number of carboxylic acid groups (broad SMARTS) is 1. The van der Waals surface area contributed by atoms with E-state index in [4.69, 9.17) is 9.90 Å². The van der Waals surface area contributed by atoms with Gasteiger partial charge in [-0.05, 0) is 18.6 Å². The van der Waals surface area contributed by atoms with Crippen LogP contribution in [0, 0.1) is 17.0 Å². The summed E-state index contributed by atoms with van der Waals surface area (Å²) in [6, 6.07) is 10.7. The number of rotatable bonds is 4. The van der Waals surface area contributed by atoms with Crippen LogP contribution in [-0.4, -0.2) is 40.0 Å². The number of nitrogens with one attached hydrogen (secondary N) is 1. The molecule has 3 aromatic rings. The molecule has 0 fully saturated rings. The quantitative estimate of drug-likeness (QED) is 0.195. The summed E-state index contributed by atoms with van der Waals surface area (Å²) in [4.78, 5) is 31.7. The summed E-state index contributed by atoms with van der Waals surface area (Å²) in [5.74, 6) is -2.30. The monoisotopic (exact) mass is 462 g/mol. The van der Waals surface area contributed by atoms with E-state index in [9.17, 15) is 33.0 Å². The zero-order valence-electron chi connectivity index (χ0n) is 16.8. The highest BCUT2D eigenvalue weighted by Gasteiger charge is 2.24. The maximum Gasteiger partial charge on any atom is 0.300 e. The highest BCUT2D eigenvalue weighted by Crippen LogP contribution is 2.37. The van der Waals surface area contributed by atoms with Gasteiger partial charge in [0.2, 0.25) is 0 Å². The van der Waals surface area contributed by atoms with E-state index in [1.807, 2.05) is 0 Å². The number of hydrogen-bond acceptors (Lipinski definition) is 7. The van der Waals surface area contributed by atoms with Crippen molar-refractivity contribution >= 4 is 44.1 Å². The number of fused-ring (bicyclic) bond motifs is 1. The van der Waals surface area contributed by atoms with E-state index < -0.39 is 43.3 Å². The van der Waals surface area contributed by atoms with Crippen LogP contribution in [0.2, 0.25) is 0 Å². The number of benzene rings is 3. The number of nitro benzene ring substituents is 1. The van der Waals surface area contributed by atoms with Crippen molar-refractivity contribution in [2.24, 2.45) is 0 Å². The Morgan fingerprint density at radius 1 is 1.06 bits per heavy atom. The lowest BCUT2D eigenvalue weighted by molar-refractivity contribution is -0.385. The molecule has 0 spiro atoms. The Morgan fingerprint density at radius 3 is 2.16 bits per heavy atom. The lowest BCUT2D eigenvalue weighted by Crippen LogP contribution is -2.15. The van der Waals surface area contributed by atoms with Gasteiger partial charge < -0.3 is 15.5 Å². The highest BCUT2D eigenvalue weighted by atomic mass is 32.2. The van der Waals surface area contributed by atoms with Crippen molar-refractivity contribution in [2.75, 3.05) is 5.32 Å². The number of amides is 1. The molecule has 0 unspecified atom stereocenters. The summed E-state index contributed by atoms with van der Waals surface area (Å²) < 4.78 is 32.6. The Balaban J connectivity index is 0.000000837. The molecule has 0 saturated carbocycles. The van der Waals surface area contributed by atoms with Gasteiger partial charge in [0.15, 0.2) is 0 Å². The van der Waals surface area contributed by atoms with Gasteiger partial charge in [-0.2, -0.15) is 8.42 Å². The Kier molecular flexibility index (Phi) is 7.13. The molecule has 0 aromatic heterocycles. The molecule has 11 nitrogen and oxygen atoms in total. The molecule has 3 rings (SSSR count). The average Bonchev–Trinajstić information content (AvgIpc) is 2.68. The fourth-order valence-electron chi connectivity index (χ4n) is 2.84. The van der Waals surface area contributed by atoms with Crippen molar-refractivity contribution in [3.63, 3.8) is 0 Å². The Hall–Kier alpha value is -4.03. The van der Waals surface area contributed by atoms with Crippen molar-refractivity contribution in [3.05, 3.63) is 69.8 Å². The largest absolute Gasteiger partial charge is 0.506 e. The van der Waals surface area contributed by atoms with Gasteiger partial charge in [0.05, 0.1) is 10.6 Å². The molecule has 168 valence electrons. The maximum atomic E-state index is 12.7. The summed E-state index contributed by atoms with van der Waals surface area (Å²) in [5, 5.41) is 31.5. The van der Waals surface area contributed by atoms with Crippen LogP contribution in [0.5, 0.6) is 5.75 Å². The number of hydrogen-bond donors (Lipinski definition) is 4. The number of aromatic hydroxyl groups is 1. The summed E-state index contributed by atoms with van der Waals surface area (Å²) in [5.41, 5.74) is -0.149. The average molecular weight is 462 g/mol. The van der Waals surface area contributed by atoms with Crippen molar-refractivity contribution < 1.29 is 37.7 Å². The number of aliphatic carboxylic acids is 1. The molecule has 0 heterocycles. The van der Waals surface area contributed by atoms with E-state index in [1.54, 1.807) is 13.0 Å². The van der Waals surface area contributed by atoms with Crippen LogP contribution in [0.25, 0.3) is 10.8 Å². The summed E-state index contributed by atoms with van der Waals surface area (Å²) in [7, 11) is -4.63. The van der Waals surface area contributed by atoms with E-state index in [0.29, 0.717) is 5.56 Å². The van der Waals surface area contributed by atoms with E-state index in [2.05, 4.69) is 5.32 Å². The second kappa shape index (κ2) is 9.41. The second-order valence-corrected chi connectivity index (χ2v) is 7.93. The first-order valence-corrected chi connectivity index (χ1v) is 10.2. The van der Waals surface area contributed by atoms with Gasteiger partial charge in [0.25, 0.3) is 27.7 Å². The van der Waals surface area contributed by atoms with Crippen molar-refractivity contribution in [2.45, 2.75) is 18.7 Å². The molecular weight excluding hydrogens is 444 g/mol. The van der Waals surface area contributed by atoms with Gasteiger partial charge in [0, 0.05) is 29.8 Å². The standard InChI is InChI=1S/C18H14N2O7S.C2H4O2/c1-10-6-7-14(20(23)24)13(8-10)18(22)19-17-12-5-3-2-4-11(12)16(9-15(17)21)28(25,26)27;1-2(3)4/h2-9,21H,1H3,(H,19,22)(H,25,26,27);1H3,(H,3,4). The molecule has 0 atom stereocenters. The normalized spacial score (nSPS) is 10.7. The zero-order chi connectivity index (χ0) is 24.2. The first-order valence-electron chi connectivity index (χ1n) is 8.81. The van der Waals surface area contributed by atoms with Crippen LogP contribution in [0.1, 0.15) is 22.8 Å².